The molecule has 0 amide bonds. The highest BCUT2D eigenvalue weighted by Crippen LogP contribution is 2.29. The van der Waals surface area contributed by atoms with Gasteiger partial charge in [0.1, 0.15) is 5.82 Å². The molecule has 0 aliphatic rings. The largest absolute Gasteiger partial charge is 0.383 e. The minimum atomic E-state index is 0.491. The Hall–Kier alpha value is -2.53. The number of nitrogens with zero attached hydrogens (tertiary/aromatic N) is 3. The molecule has 0 spiro atoms. The van der Waals surface area contributed by atoms with Crippen LogP contribution in [0.25, 0.3) is 32.0 Å². The number of hydrogen-bond donors (Lipinski definition) is 1. The third-order valence-electron chi connectivity index (χ3n) is 3.12. The summed E-state index contributed by atoms with van der Waals surface area (Å²) in [6.07, 6.45) is 0. The van der Waals surface area contributed by atoms with Gasteiger partial charge in [-0.1, -0.05) is 24.3 Å². The second-order valence-electron chi connectivity index (χ2n) is 4.44. The second-order valence-corrected chi connectivity index (χ2v) is 5.47. The van der Waals surface area contributed by atoms with E-state index in [1.807, 2.05) is 48.5 Å². The van der Waals surface area contributed by atoms with Gasteiger partial charge in [-0.15, -0.1) is 11.3 Å². The van der Waals surface area contributed by atoms with Gasteiger partial charge in [0.25, 0.3) is 0 Å². The second kappa shape index (κ2) is 4.25. The fourth-order valence-electron chi connectivity index (χ4n) is 2.16. The quantitative estimate of drug-likeness (QED) is 0.579. The number of nitrogen functional groups attached to an aromatic ring is 1. The molecule has 4 nitrogen and oxygen atoms in total. The molecule has 4 aromatic rings. The maximum atomic E-state index is 6.01. The van der Waals surface area contributed by atoms with Gasteiger partial charge >= 0.3 is 0 Å². The molecule has 4 rings (SSSR count). The van der Waals surface area contributed by atoms with Gasteiger partial charge in [-0.3, -0.25) is 0 Å². The molecule has 0 atom stereocenters. The zero-order chi connectivity index (χ0) is 13.5. The van der Waals surface area contributed by atoms with Crippen LogP contribution in [0.1, 0.15) is 0 Å². The van der Waals surface area contributed by atoms with Crippen molar-refractivity contribution in [2.24, 2.45) is 0 Å². The molecular formula is C15H10N4S. The average molecular weight is 278 g/mol. The molecular weight excluding hydrogens is 268 g/mol. The lowest BCUT2D eigenvalue weighted by atomic mass is 10.2. The van der Waals surface area contributed by atoms with Gasteiger partial charge < -0.3 is 5.73 Å². The maximum absolute atomic E-state index is 6.01. The summed E-state index contributed by atoms with van der Waals surface area (Å²) in [7, 11) is 0. The van der Waals surface area contributed by atoms with Crippen LogP contribution in [0.15, 0.2) is 48.5 Å². The normalized spacial score (nSPS) is 11.2. The van der Waals surface area contributed by atoms with Crippen molar-refractivity contribution in [3.63, 3.8) is 0 Å². The summed E-state index contributed by atoms with van der Waals surface area (Å²) >= 11 is 1.58. The number of aromatic nitrogens is 3. The van der Waals surface area contributed by atoms with Crippen LogP contribution in [0, 0.1) is 0 Å². The van der Waals surface area contributed by atoms with Crippen LogP contribution < -0.4 is 5.73 Å². The molecule has 2 heterocycles. The van der Waals surface area contributed by atoms with Crippen molar-refractivity contribution in [1.29, 1.82) is 0 Å². The molecule has 2 aromatic heterocycles. The first kappa shape index (κ1) is 11.3. The van der Waals surface area contributed by atoms with E-state index in [0.29, 0.717) is 11.6 Å². The van der Waals surface area contributed by atoms with Crippen LogP contribution in [-0.2, 0) is 0 Å². The van der Waals surface area contributed by atoms with E-state index in [4.69, 9.17) is 5.73 Å². The van der Waals surface area contributed by atoms with Gasteiger partial charge in [-0.25, -0.2) is 15.0 Å². The number of thiazole rings is 1. The molecule has 96 valence electrons. The Labute approximate surface area is 118 Å². The summed E-state index contributed by atoms with van der Waals surface area (Å²) in [5.74, 6) is 1.08. The first-order valence-corrected chi connectivity index (χ1v) is 7.01. The summed E-state index contributed by atoms with van der Waals surface area (Å²) < 4.78 is 1.12. The number of rotatable bonds is 1. The maximum Gasteiger partial charge on any atom is 0.191 e. The van der Waals surface area contributed by atoms with Crippen LogP contribution in [0.4, 0.5) is 5.82 Å². The van der Waals surface area contributed by atoms with Gasteiger partial charge in [0.15, 0.2) is 10.8 Å². The van der Waals surface area contributed by atoms with Crippen molar-refractivity contribution in [3.05, 3.63) is 48.5 Å². The van der Waals surface area contributed by atoms with E-state index in [-0.39, 0.29) is 0 Å². The van der Waals surface area contributed by atoms with Crippen molar-refractivity contribution < 1.29 is 0 Å². The van der Waals surface area contributed by atoms with E-state index in [0.717, 1.165) is 26.1 Å². The highest BCUT2D eigenvalue weighted by atomic mass is 32.1. The van der Waals surface area contributed by atoms with E-state index in [2.05, 4.69) is 15.0 Å². The highest BCUT2D eigenvalue weighted by molar-refractivity contribution is 7.21. The fourth-order valence-corrected chi connectivity index (χ4v) is 3.06. The Balaban J connectivity index is 1.97. The number of nitrogens with two attached hydrogens (primary N) is 1. The Morgan fingerprint density at radius 1 is 0.800 bits per heavy atom. The third kappa shape index (κ3) is 1.71. The van der Waals surface area contributed by atoms with Crippen molar-refractivity contribution in [2.75, 3.05) is 5.73 Å². The van der Waals surface area contributed by atoms with E-state index >= 15 is 0 Å². The molecule has 0 saturated carbocycles. The lowest BCUT2D eigenvalue weighted by Crippen LogP contribution is -1.97. The van der Waals surface area contributed by atoms with Crippen LogP contribution in [0.3, 0.4) is 0 Å². The molecule has 0 aliphatic carbocycles. The van der Waals surface area contributed by atoms with Crippen molar-refractivity contribution in [1.82, 2.24) is 15.0 Å². The third-order valence-corrected chi connectivity index (χ3v) is 4.15. The molecule has 0 unspecified atom stereocenters. The van der Waals surface area contributed by atoms with Crippen molar-refractivity contribution in [2.45, 2.75) is 0 Å². The predicted octanol–water partition coefficient (Wildman–Crippen LogP) is 3.49. The van der Waals surface area contributed by atoms with E-state index in [9.17, 15) is 0 Å². The molecule has 0 fully saturated rings. The zero-order valence-electron chi connectivity index (χ0n) is 10.4. The first-order valence-electron chi connectivity index (χ1n) is 6.19. The van der Waals surface area contributed by atoms with Gasteiger partial charge in [-0.05, 0) is 24.3 Å². The summed E-state index contributed by atoms with van der Waals surface area (Å²) in [4.78, 5) is 13.5. The number of para-hydroxylation sites is 2. The Bertz CT molecular complexity index is 896. The molecule has 0 bridgehead atoms. The van der Waals surface area contributed by atoms with Gasteiger partial charge in [0.2, 0.25) is 0 Å². The molecule has 2 aromatic carbocycles. The predicted molar refractivity (Wildman–Crippen MR) is 82.6 cm³/mol. The lowest BCUT2D eigenvalue weighted by Gasteiger charge is -2.02. The Morgan fingerprint density at radius 3 is 2.40 bits per heavy atom. The Morgan fingerprint density at radius 2 is 1.55 bits per heavy atom. The highest BCUT2D eigenvalue weighted by Gasteiger charge is 2.11. The number of benzene rings is 2. The summed E-state index contributed by atoms with van der Waals surface area (Å²) in [6.45, 7) is 0. The molecule has 0 saturated heterocycles. The zero-order valence-corrected chi connectivity index (χ0v) is 11.3. The minimum absolute atomic E-state index is 0.491. The number of fused-ring (bicyclic) bond motifs is 2. The molecule has 0 radical (unpaired) electrons. The van der Waals surface area contributed by atoms with Gasteiger partial charge in [0.05, 0.1) is 15.7 Å². The molecule has 20 heavy (non-hydrogen) atoms. The standard InChI is InChI=1S/C15H10N4S/c16-13-9-5-1-2-6-10(9)17-14(19-13)15-18-11-7-3-4-8-12(11)20-15/h1-8H,(H2,16,17,19). The van der Waals surface area contributed by atoms with E-state index in [1.165, 1.54) is 0 Å². The summed E-state index contributed by atoms with van der Waals surface area (Å²) in [5, 5.41) is 1.67. The van der Waals surface area contributed by atoms with Gasteiger partial charge in [0, 0.05) is 5.39 Å². The lowest BCUT2D eigenvalue weighted by molar-refractivity contribution is 1.22. The number of anilines is 1. The fraction of sp³-hybridized carbons (Fsp3) is 0. The first-order chi connectivity index (χ1) is 9.81. The van der Waals surface area contributed by atoms with Crippen LogP contribution in [0.5, 0.6) is 0 Å². The minimum Gasteiger partial charge on any atom is -0.383 e. The molecule has 0 aliphatic heterocycles. The monoisotopic (exact) mass is 278 g/mol. The topological polar surface area (TPSA) is 64.7 Å². The van der Waals surface area contributed by atoms with Gasteiger partial charge in [-0.2, -0.15) is 0 Å². The smallest absolute Gasteiger partial charge is 0.191 e. The van der Waals surface area contributed by atoms with Crippen molar-refractivity contribution in [3.8, 4) is 10.8 Å². The SMILES string of the molecule is Nc1nc(-c2nc3ccccc3s2)nc2ccccc12. The molecule has 5 heteroatoms. The van der Waals surface area contributed by atoms with E-state index < -0.39 is 0 Å². The van der Waals surface area contributed by atoms with E-state index in [1.54, 1.807) is 11.3 Å². The number of hydrogen-bond acceptors (Lipinski definition) is 5. The van der Waals surface area contributed by atoms with Crippen LogP contribution in [-0.4, -0.2) is 15.0 Å². The summed E-state index contributed by atoms with van der Waals surface area (Å²) in [5.41, 5.74) is 7.82. The van der Waals surface area contributed by atoms with Crippen LogP contribution in [0.2, 0.25) is 0 Å². The van der Waals surface area contributed by atoms with Crippen molar-refractivity contribution >= 4 is 38.3 Å². The summed E-state index contributed by atoms with van der Waals surface area (Å²) in [6, 6.07) is 15.7. The van der Waals surface area contributed by atoms with Crippen LogP contribution >= 0.6 is 11.3 Å². The molecule has 2 N–H and O–H groups in total. The Kier molecular flexibility index (Phi) is 2.40. The average Bonchev–Trinajstić information content (AvgIpc) is 2.91.